The van der Waals surface area contributed by atoms with E-state index in [1.54, 1.807) is 0 Å². The van der Waals surface area contributed by atoms with Gasteiger partial charge in [0.05, 0.1) is 6.04 Å². The van der Waals surface area contributed by atoms with Gasteiger partial charge in [-0.25, -0.2) is 5.84 Å². The zero-order chi connectivity index (χ0) is 12.3. The third-order valence-electron chi connectivity index (χ3n) is 3.83. The van der Waals surface area contributed by atoms with Crippen LogP contribution in [0.1, 0.15) is 45.4 Å². The molecule has 0 bridgehead atoms. The lowest BCUT2D eigenvalue weighted by Crippen LogP contribution is -2.50. The van der Waals surface area contributed by atoms with Crippen molar-refractivity contribution in [1.29, 1.82) is 0 Å². The highest BCUT2D eigenvalue weighted by atomic mass is 16.2. The van der Waals surface area contributed by atoms with Gasteiger partial charge in [-0.2, -0.15) is 0 Å². The number of hydrogen-bond donors (Lipinski definition) is 2. The fourth-order valence-electron chi connectivity index (χ4n) is 2.44. The highest BCUT2D eigenvalue weighted by Crippen LogP contribution is 2.34. The first kappa shape index (κ1) is 12.8. The van der Waals surface area contributed by atoms with Crippen molar-refractivity contribution in [2.75, 3.05) is 13.1 Å². The Hall–Kier alpha value is -0.610. The standard InChI is InChI=1S/C13H25N3O/c1-2-3-12(13(17)15-14)16(8-10-4-5-10)9-11-6-7-11/h10-12H,2-9,14H2,1H3,(H,15,17). The van der Waals surface area contributed by atoms with Gasteiger partial charge in [0.15, 0.2) is 0 Å². The molecule has 0 radical (unpaired) electrons. The zero-order valence-corrected chi connectivity index (χ0v) is 10.8. The van der Waals surface area contributed by atoms with Gasteiger partial charge in [0.1, 0.15) is 0 Å². The van der Waals surface area contributed by atoms with Crippen LogP contribution in [0, 0.1) is 11.8 Å². The Morgan fingerprint density at radius 1 is 1.29 bits per heavy atom. The molecule has 4 heteroatoms. The molecule has 17 heavy (non-hydrogen) atoms. The van der Waals surface area contributed by atoms with Crippen LogP contribution >= 0.6 is 0 Å². The van der Waals surface area contributed by atoms with Crippen LogP contribution in [0.25, 0.3) is 0 Å². The van der Waals surface area contributed by atoms with Crippen LogP contribution in [-0.4, -0.2) is 29.9 Å². The molecule has 4 nitrogen and oxygen atoms in total. The molecule has 2 aliphatic carbocycles. The van der Waals surface area contributed by atoms with Gasteiger partial charge >= 0.3 is 0 Å². The molecule has 0 aromatic carbocycles. The quantitative estimate of drug-likeness (QED) is 0.381. The SMILES string of the molecule is CCCC(C(=O)NN)N(CC1CC1)CC1CC1. The second-order valence-electron chi connectivity index (χ2n) is 5.65. The summed E-state index contributed by atoms with van der Waals surface area (Å²) in [6, 6.07) is -0.00815. The first-order valence-corrected chi connectivity index (χ1v) is 6.99. The fraction of sp³-hybridized carbons (Fsp3) is 0.923. The molecular formula is C13H25N3O. The molecule has 1 unspecified atom stereocenters. The third-order valence-corrected chi connectivity index (χ3v) is 3.83. The van der Waals surface area contributed by atoms with Crippen molar-refractivity contribution in [2.24, 2.45) is 17.7 Å². The topological polar surface area (TPSA) is 58.4 Å². The van der Waals surface area contributed by atoms with Gasteiger partial charge in [-0.05, 0) is 43.9 Å². The monoisotopic (exact) mass is 239 g/mol. The van der Waals surface area contributed by atoms with Crippen LogP contribution in [0.5, 0.6) is 0 Å². The van der Waals surface area contributed by atoms with E-state index in [1.165, 1.54) is 25.7 Å². The van der Waals surface area contributed by atoms with E-state index in [-0.39, 0.29) is 11.9 Å². The summed E-state index contributed by atoms with van der Waals surface area (Å²) in [5.74, 6) is 6.97. The van der Waals surface area contributed by atoms with E-state index in [0.717, 1.165) is 37.8 Å². The van der Waals surface area contributed by atoms with Gasteiger partial charge in [0, 0.05) is 13.1 Å². The molecule has 0 heterocycles. The van der Waals surface area contributed by atoms with Crippen LogP contribution in [0.15, 0.2) is 0 Å². The highest BCUT2D eigenvalue weighted by Gasteiger charge is 2.34. The lowest BCUT2D eigenvalue weighted by Gasteiger charge is -2.30. The second kappa shape index (κ2) is 5.83. The van der Waals surface area contributed by atoms with E-state index in [1.807, 2.05) is 0 Å². The van der Waals surface area contributed by atoms with E-state index >= 15 is 0 Å². The maximum atomic E-state index is 11.9. The molecule has 1 atom stereocenters. The molecule has 98 valence electrons. The molecule has 2 saturated carbocycles. The normalized spacial score (nSPS) is 21.6. The minimum absolute atomic E-state index is 0.00634. The average molecular weight is 239 g/mol. The van der Waals surface area contributed by atoms with Gasteiger partial charge in [-0.3, -0.25) is 15.1 Å². The van der Waals surface area contributed by atoms with Crippen LogP contribution < -0.4 is 11.3 Å². The summed E-state index contributed by atoms with van der Waals surface area (Å²) in [5, 5.41) is 0. The predicted molar refractivity (Wildman–Crippen MR) is 68.0 cm³/mol. The van der Waals surface area contributed by atoms with E-state index in [2.05, 4.69) is 17.2 Å². The van der Waals surface area contributed by atoms with Gasteiger partial charge in [0.2, 0.25) is 0 Å². The molecule has 3 N–H and O–H groups in total. The van der Waals surface area contributed by atoms with Gasteiger partial charge in [-0.1, -0.05) is 13.3 Å². The second-order valence-corrected chi connectivity index (χ2v) is 5.65. The Bertz CT molecular complexity index is 247. The van der Waals surface area contributed by atoms with Gasteiger partial charge in [0.25, 0.3) is 5.91 Å². The number of rotatable bonds is 8. The number of nitrogens with two attached hydrogens (primary N) is 1. The number of amides is 1. The maximum Gasteiger partial charge on any atom is 0.251 e. The maximum absolute atomic E-state index is 11.9. The van der Waals surface area contributed by atoms with E-state index in [9.17, 15) is 4.79 Å². The Balaban J connectivity index is 1.93. The van der Waals surface area contributed by atoms with Crippen molar-refractivity contribution in [1.82, 2.24) is 10.3 Å². The molecule has 2 rings (SSSR count). The molecule has 0 spiro atoms. The van der Waals surface area contributed by atoms with Crippen LogP contribution in [0.4, 0.5) is 0 Å². The van der Waals surface area contributed by atoms with Crippen molar-refractivity contribution < 1.29 is 4.79 Å². The van der Waals surface area contributed by atoms with Gasteiger partial charge < -0.3 is 0 Å². The van der Waals surface area contributed by atoms with E-state index < -0.39 is 0 Å². The summed E-state index contributed by atoms with van der Waals surface area (Å²) >= 11 is 0. The summed E-state index contributed by atoms with van der Waals surface area (Å²) in [7, 11) is 0. The number of carbonyl (C=O) groups excluding carboxylic acids is 1. The summed E-state index contributed by atoms with van der Waals surface area (Å²) < 4.78 is 0. The number of nitrogens with one attached hydrogen (secondary N) is 1. The summed E-state index contributed by atoms with van der Waals surface area (Å²) in [5.41, 5.74) is 2.34. The molecule has 0 aromatic heterocycles. The number of carbonyl (C=O) groups is 1. The van der Waals surface area contributed by atoms with Crippen molar-refractivity contribution in [3.8, 4) is 0 Å². The molecule has 1 amide bonds. The summed E-state index contributed by atoms with van der Waals surface area (Å²) in [4.78, 5) is 14.3. The molecule has 0 aliphatic heterocycles. The van der Waals surface area contributed by atoms with Gasteiger partial charge in [-0.15, -0.1) is 0 Å². The Labute approximate surface area is 104 Å². The Kier molecular flexibility index (Phi) is 4.40. The predicted octanol–water partition coefficient (Wildman–Crippen LogP) is 1.27. The number of hydrogen-bond acceptors (Lipinski definition) is 3. The van der Waals surface area contributed by atoms with Crippen LogP contribution in [0.2, 0.25) is 0 Å². The smallest absolute Gasteiger partial charge is 0.251 e. The van der Waals surface area contributed by atoms with Crippen LogP contribution in [-0.2, 0) is 4.79 Å². The van der Waals surface area contributed by atoms with Crippen LogP contribution in [0.3, 0.4) is 0 Å². The van der Waals surface area contributed by atoms with E-state index in [4.69, 9.17) is 5.84 Å². The van der Waals surface area contributed by atoms with Crippen molar-refractivity contribution >= 4 is 5.91 Å². The molecular weight excluding hydrogens is 214 g/mol. The fourth-order valence-corrected chi connectivity index (χ4v) is 2.44. The molecule has 2 aliphatic rings. The number of hydrazine groups is 1. The first-order chi connectivity index (χ1) is 8.24. The molecule has 0 aromatic rings. The Morgan fingerprint density at radius 2 is 1.82 bits per heavy atom. The van der Waals surface area contributed by atoms with Crippen molar-refractivity contribution in [3.63, 3.8) is 0 Å². The van der Waals surface area contributed by atoms with E-state index in [0.29, 0.717) is 0 Å². The largest absolute Gasteiger partial charge is 0.293 e. The number of nitrogens with zero attached hydrogens (tertiary/aromatic N) is 1. The Morgan fingerprint density at radius 3 is 2.18 bits per heavy atom. The zero-order valence-electron chi connectivity index (χ0n) is 10.8. The third kappa shape index (κ3) is 3.96. The van der Waals surface area contributed by atoms with Crippen molar-refractivity contribution in [3.05, 3.63) is 0 Å². The highest BCUT2D eigenvalue weighted by molar-refractivity contribution is 5.81. The average Bonchev–Trinajstić information content (AvgIpc) is 3.19. The summed E-state index contributed by atoms with van der Waals surface area (Å²) in [6.45, 7) is 4.31. The molecule has 0 saturated heterocycles. The minimum atomic E-state index is -0.00815. The lowest BCUT2D eigenvalue weighted by molar-refractivity contribution is -0.127. The molecule has 2 fully saturated rings. The minimum Gasteiger partial charge on any atom is -0.293 e. The summed E-state index contributed by atoms with van der Waals surface area (Å²) in [6.07, 6.45) is 7.30. The first-order valence-electron chi connectivity index (χ1n) is 6.99. The van der Waals surface area contributed by atoms with Crippen molar-refractivity contribution in [2.45, 2.75) is 51.5 Å². The lowest BCUT2D eigenvalue weighted by atomic mass is 10.1.